The number of carbonyl (C=O) groups excluding carboxylic acids is 1. The molecule has 0 fully saturated rings. The van der Waals surface area contributed by atoms with E-state index in [0.717, 1.165) is 10.6 Å². The van der Waals surface area contributed by atoms with Crippen molar-refractivity contribution in [3.05, 3.63) is 68.6 Å². The van der Waals surface area contributed by atoms with Gasteiger partial charge < -0.3 is 9.72 Å². The molecular weight excluding hydrogens is 365 g/mol. The lowest BCUT2D eigenvalue weighted by molar-refractivity contribution is 0.0636. The summed E-state index contributed by atoms with van der Waals surface area (Å²) in [6, 6.07) is 8.66. The van der Waals surface area contributed by atoms with Crippen molar-refractivity contribution in [2.24, 2.45) is 0 Å². The van der Waals surface area contributed by atoms with Crippen LogP contribution in [-0.2, 0) is 4.74 Å². The van der Waals surface area contributed by atoms with Gasteiger partial charge in [0, 0.05) is 5.69 Å². The fraction of sp³-hybridized carbons (Fsp3) is 0.250. The molecule has 1 aromatic heterocycles. The predicted molar refractivity (Wildman–Crippen MR) is 105 cm³/mol. The van der Waals surface area contributed by atoms with Crippen molar-refractivity contribution in [1.82, 2.24) is 9.55 Å². The van der Waals surface area contributed by atoms with E-state index in [0.29, 0.717) is 16.9 Å². The van der Waals surface area contributed by atoms with E-state index in [-0.39, 0.29) is 10.9 Å². The summed E-state index contributed by atoms with van der Waals surface area (Å²) in [6.07, 6.45) is -0.613. The summed E-state index contributed by atoms with van der Waals surface area (Å²) in [5.74, 6) is -0.502. The van der Waals surface area contributed by atoms with Crippen LogP contribution in [0.1, 0.15) is 26.3 Å². The quantitative estimate of drug-likeness (QED) is 0.706. The summed E-state index contributed by atoms with van der Waals surface area (Å²) in [7, 11) is 0. The van der Waals surface area contributed by atoms with Crippen molar-refractivity contribution in [2.75, 3.05) is 5.32 Å². The maximum absolute atomic E-state index is 13.7. The standard InChI is InChI=1S/C20H20FN3O4/c1-11-9-14-16(10-15(11)21)23-18(26)24(17(14)25)13-7-5-12(6-8-13)22-19(27)28-20(2,3)4/h5-10H,1-4H3,(H,22,27)(H,23,26). The second-order valence-electron chi connectivity index (χ2n) is 7.39. The van der Waals surface area contributed by atoms with Gasteiger partial charge in [0.25, 0.3) is 5.56 Å². The van der Waals surface area contributed by atoms with Gasteiger partial charge in [0.1, 0.15) is 11.4 Å². The number of benzene rings is 2. The van der Waals surface area contributed by atoms with Crippen LogP contribution < -0.4 is 16.6 Å². The van der Waals surface area contributed by atoms with E-state index in [9.17, 15) is 18.8 Å². The minimum Gasteiger partial charge on any atom is -0.444 e. The van der Waals surface area contributed by atoms with Crippen molar-refractivity contribution in [2.45, 2.75) is 33.3 Å². The number of rotatable bonds is 2. The van der Waals surface area contributed by atoms with Crippen molar-refractivity contribution < 1.29 is 13.9 Å². The molecule has 0 aliphatic carbocycles. The summed E-state index contributed by atoms with van der Waals surface area (Å²) < 4.78 is 19.8. The second-order valence-corrected chi connectivity index (χ2v) is 7.39. The first kappa shape index (κ1) is 19.3. The highest BCUT2D eigenvalue weighted by Gasteiger charge is 2.16. The number of anilines is 1. The van der Waals surface area contributed by atoms with Crippen LogP contribution in [0.2, 0.25) is 0 Å². The van der Waals surface area contributed by atoms with Crippen molar-refractivity contribution in [1.29, 1.82) is 0 Å². The Bertz CT molecular complexity index is 1170. The van der Waals surface area contributed by atoms with Crippen LogP contribution >= 0.6 is 0 Å². The van der Waals surface area contributed by atoms with E-state index >= 15 is 0 Å². The van der Waals surface area contributed by atoms with Crippen LogP contribution in [-0.4, -0.2) is 21.2 Å². The van der Waals surface area contributed by atoms with E-state index < -0.39 is 28.8 Å². The Morgan fingerprint density at radius 3 is 2.39 bits per heavy atom. The van der Waals surface area contributed by atoms with E-state index in [1.807, 2.05) is 0 Å². The molecule has 2 aromatic carbocycles. The fourth-order valence-electron chi connectivity index (χ4n) is 2.70. The van der Waals surface area contributed by atoms with Crippen LogP contribution in [0.25, 0.3) is 16.6 Å². The van der Waals surface area contributed by atoms with Gasteiger partial charge in [-0.1, -0.05) is 0 Å². The predicted octanol–water partition coefficient (Wildman–Crippen LogP) is 3.47. The largest absolute Gasteiger partial charge is 0.444 e. The number of aryl methyl sites for hydroxylation is 1. The highest BCUT2D eigenvalue weighted by molar-refractivity contribution is 5.85. The molecule has 0 aliphatic heterocycles. The highest BCUT2D eigenvalue weighted by Crippen LogP contribution is 2.16. The molecule has 0 spiro atoms. The number of amides is 1. The van der Waals surface area contributed by atoms with E-state index in [1.165, 1.54) is 18.2 Å². The Morgan fingerprint density at radius 1 is 1.14 bits per heavy atom. The van der Waals surface area contributed by atoms with Crippen LogP contribution in [0.5, 0.6) is 0 Å². The highest BCUT2D eigenvalue weighted by atomic mass is 19.1. The lowest BCUT2D eigenvalue weighted by Crippen LogP contribution is -2.33. The normalized spacial score (nSPS) is 11.5. The third kappa shape index (κ3) is 3.95. The number of aromatic nitrogens is 2. The maximum Gasteiger partial charge on any atom is 0.412 e. The van der Waals surface area contributed by atoms with E-state index in [2.05, 4.69) is 10.3 Å². The van der Waals surface area contributed by atoms with Crippen molar-refractivity contribution in [3.63, 3.8) is 0 Å². The van der Waals surface area contributed by atoms with E-state index in [4.69, 9.17) is 4.74 Å². The lowest BCUT2D eigenvalue weighted by atomic mass is 10.1. The Kier molecular flexibility index (Phi) is 4.80. The summed E-state index contributed by atoms with van der Waals surface area (Å²) in [5, 5.41) is 2.78. The summed E-state index contributed by atoms with van der Waals surface area (Å²) in [4.78, 5) is 39.5. The molecule has 0 bridgehead atoms. The van der Waals surface area contributed by atoms with Gasteiger partial charge in [0.15, 0.2) is 0 Å². The molecule has 28 heavy (non-hydrogen) atoms. The number of nitrogens with one attached hydrogen (secondary N) is 2. The fourth-order valence-corrected chi connectivity index (χ4v) is 2.70. The van der Waals surface area contributed by atoms with Gasteiger partial charge in [-0.2, -0.15) is 0 Å². The molecule has 0 unspecified atom stereocenters. The first-order valence-corrected chi connectivity index (χ1v) is 8.61. The maximum atomic E-state index is 13.7. The number of aromatic amines is 1. The Hall–Kier alpha value is -3.42. The molecule has 1 amide bonds. The molecule has 2 N–H and O–H groups in total. The number of ether oxygens (including phenoxy) is 1. The van der Waals surface area contributed by atoms with Crippen molar-refractivity contribution in [3.8, 4) is 5.69 Å². The molecule has 7 nitrogen and oxygen atoms in total. The summed E-state index contributed by atoms with van der Waals surface area (Å²) >= 11 is 0. The minimum atomic E-state index is -0.686. The zero-order valence-corrected chi connectivity index (χ0v) is 15.9. The van der Waals surface area contributed by atoms with Crippen LogP contribution in [0.3, 0.4) is 0 Å². The number of hydrogen-bond acceptors (Lipinski definition) is 4. The first-order valence-electron chi connectivity index (χ1n) is 8.61. The topological polar surface area (TPSA) is 93.2 Å². The Balaban J connectivity index is 1.97. The zero-order valence-electron chi connectivity index (χ0n) is 15.9. The average Bonchev–Trinajstić information content (AvgIpc) is 2.57. The molecular formula is C20H20FN3O4. The van der Waals surface area contributed by atoms with Gasteiger partial charge in [0.2, 0.25) is 0 Å². The molecule has 0 aliphatic rings. The molecule has 8 heteroatoms. The van der Waals surface area contributed by atoms with Gasteiger partial charge in [-0.25, -0.2) is 18.5 Å². The number of H-pyrrole nitrogens is 1. The number of halogens is 1. The Morgan fingerprint density at radius 2 is 1.79 bits per heavy atom. The summed E-state index contributed by atoms with van der Waals surface area (Å²) in [6.45, 7) is 6.80. The average molecular weight is 385 g/mol. The van der Waals surface area contributed by atoms with Crippen LogP contribution in [0.15, 0.2) is 46.0 Å². The minimum absolute atomic E-state index is 0.137. The third-order valence-electron chi connectivity index (χ3n) is 3.95. The molecule has 0 saturated carbocycles. The van der Waals surface area contributed by atoms with Gasteiger partial charge in [-0.3, -0.25) is 10.1 Å². The number of fused-ring (bicyclic) bond motifs is 1. The second kappa shape index (κ2) is 6.95. The van der Waals surface area contributed by atoms with E-state index in [1.54, 1.807) is 39.8 Å². The number of carbonyl (C=O) groups is 1. The molecule has 0 radical (unpaired) electrons. The number of nitrogens with zero attached hydrogens (tertiary/aromatic N) is 1. The Labute approximate surface area is 159 Å². The smallest absolute Gasteiger partial charge is 0.412 e. The molecule has 3 rings (SSSR count). The third-order valence-corrected chi connectivity index (χ3v) is 3.95. The van der Waals surface area contributed by atoms with Crippen LogP contribution in [0, 0.1) is 12.7 Å². The molecule has 3 aromatic rings. The van der Waals surface area contributed by atoms with Crippen LogP contribution in [0.4, 0.5) is 14.9 Å². The molecule has 0 atom stereocenters. The molecule has 146 valence electrons. The SMILES string of the molecule is Cc1cc2c(=O)n(-c3ccc(NC(=O)OC(C)(C)C)cc3)c(=O)[nH]c2cc1F. The first-order chi connectivity index (χ1) is 13.0. The molecule has 0 saturated heterocycles. The monoisotopic (exact) mass is 385 g/mol. The van der Waals surface area contributed by atoms with Gasteiger partial charge >= 0.3 is 11.8 Å². The summed E-state index contributed by atoms with van der Waals surface area (Å²) in [5.41, 5.74) is -0.681. The lowest BCUT2D eigenvalue weighted by Gasteiger charge is -2.19. The zero-order chi connectivity index (χ0) is 20.6. The van der Waals surface area contributed by atoms with Gasteiger partial charge in [-0.15, -0.1) is 0 Å². The van der Waals surface area contributed by atoms with Gasteiger partial charge in [0.05, 0.1) is 16.6 Å². The number of hydrogen-bond donors (Lipinski definition) is 2. The van der Waals surface area contributed by atoms with Gasteiger partial charge in [-0.05, 0) is 69.7 Å². The molecule has 1 heterocycles. The van der Waals surface area contributed by atoms with Crippen molar-refractivity contribution >= 4 is 22.7 Å².